The fourth-order valence-corrected chi connectivity index (χ4v) is 11.9. The van der Waals surface area contributed by atoms with Gasteiger partial charge in [0.1, 0.15) is 5.75 Å². The van der Waals surface area contributed by atoms with Gasteiger partial charge >= 0.3 is 27.1 Å². The minimum Gasteiger partial charge on any atom is -0.427 e. The van der Waals surface area contributed by atoms with Crippen LogP contribution in [-0.4, -0.2) is 52.2 Å². The zero-order valence-corrected chi connectivity index (χ0v) is 46.9. The maximum atomic E-state index is 13.4. The number of amides is 1. The second-order valence-corrected chi connectivity index (χ2v) is 24.4. The summed E-state index contributed by atoms with van der Waals surface area (Å²) in [6.07, 6.45) is 34.9. The second kappa shape index (κ2) is 35.1. The summed E-state index contributed by atoms with van der Waals surface area (Å²) in [5.74, 6) is -1.27. The maximum absolute atomic E-state index is 13.4. The molecule has 1 amide bonds. The minimum atomic E-state index is -5.79. The van der Waals surface area contributed by atoms with Crippen LogP contribution in [0.15, 0.2) is 36.4 Å². The molecular weight excluding hydrogens is 967 g/mol. The van der Waals surface area contributed by atoms with Crippen molar-refractivity contribution in [1.29, 1.82) is 0 Å². The molecule has 2 aromatic carbocycles. The van der Waals surface area contributed by atoms with Gasteiger partial charge < -0.3 is 44.0 Å². The normalized spacial score (nSPS) is 12.2. The van der Waals surface area contributed by atoms with Crippen LogP contribution in [0.5, 0.6) is 11.5 Å². The Bertz CT molecular complexity index is 2140. The SMILES string of the molecule is CCCCCCCCCCCCCCCCCC(=O)Oc1ccc(-c2c(C)c3cc(NC(=O)CCC(O)(P(=O)(O)O)P(=O)(O)O)c(OC(=O)CCCCCCCCCCCCCCCCC)cc3n2CC)cc1. The molecule has 0 saturated heterocycles. The van der Waals surface area contributed by atoms with Gasteiger partial charge in [0.25, 0.3) is 5.08 Å². The zero-order valence-electron chi connectivity index (χ0n) is 45.1. The van der Waals surface area contributed by atoms with Crippen LogP contribution in [0.1, 0.15) is 245 Å². The highest BCUT2D eigenvalue weighted by Gasteiger charge is 2.59. The molecule has 0 atom stereocenters. The van der Waals surface area contributed by atoms with Crippen LogP contribution in [0.2, 0.25) is 0 Å². The third-order valence-electron chi connectivity index (χ3n) is 14.2. The molecule has 3 rings (SSSR count). The van der Waals surface area contributed by atoms with Crippen LogP contribution in [-0.2, 0) is 30.1 Å². The molecule has 14 nitrogen and oxygen atoms in total. The first kappa shape index (κ1) is 63.9. The minimum absolute atomic E-state index is 0.0159. The molecule has 3 aromatic rings. The summed E-state index contributed by atoms with van der Waals surface area (Å²) in [5, 5.41) is 9.94. The van der Waals surface area contributed by atoms with Crippen molar-refractivity contribution in [3.05, 3.63) is 42.0 Å². The molecule has 414 valence electrons. The van der Waals surface area contributed by atoms with Gasteiger partial charge in [-0.05, 0) is 68.1 Å². The van der Waals surface area contributed by atoms with Gasteiger partial charge in [-0.1, -0.05) is 194 Å². The molecule has 0 aliphatic rings. The third kappa shape index (κ3) is 23.2. The third-order valence-corrected chi connectivity index (χ3v) is 18.1. The number of carbonyl (C=O) groups excluding carboxylic acids is 3. The molecule has 0 saturated carbocycles. The van der Waals surface area contributed by atoms with E-state index in [4.69, 9.17) is 9.47 Å². The van der Waals surface area contributed by atoms with Crippen molar-refractivity contribution in [3.63, 3.8) is 0 Å². The van der Waals surface area contributed by atoms with Crippen molar-refractivity contribution in [2.75, 3.05) is 5.32 Å². The lowest BCUT2D eigenvalue weighted by atomic mass is 10.0. The quantitative estimate of drug-likeness (QED) is 0.0135. The molecule has 16 heteroatoms. The number of anilines is 1. The van der Waals surface area contributed by atoms with Crippen molar-refractivity contribution in [3.8, 4) is 22.8 Å². The summed E-state index contributed by atoms with van der Waals surface area (Å²) in [5.41, 5.74) is 3.22. The summed E-state index contributed by atoms with van der Waals surface area (Å²) in [6.45, 7) is 8.88. The van der Waals surface area contributed by atoms with Crippen LogP contribution < -0.4 is 14.8 Å². The highest BCUT2D eigenvalue weighted by molar-refractivity contribution is 7.72. The van der Waals surface area contributed by atoms with Gasteiger partial charge in [-0.2, -0.15) is 0 Å². The molecule has 0 spiro atoms. The van der Waals surface area contributed by atoms with E-state index in [2.05, 4.69) is 19.2 Å². The summed E-state index contributed by atoms with van der Waals surface area (Å²) >= 11 is 0. The standard InChI is InChI=1S/C57H94N2O12P2/c1-5-8-10-12-14-16-18-20-22-24-26-28-30-32-34-36-54(61)70-48-40-38-47(39-41-48)56-46(4)49-44-50(58-53(60)42-43-57(63,72(64,65)66)73(67,68)69)52(45-51(49)59(56)7-3)71-55(62)37-35-33-31-29-27-25-23-21-19-17-15-13-11-9-6-2/h38-41,44-45,63H,5-37,42-43H2,1-4H3,(H,58,60)(H2,64,65,66)(H2,67,68,69). The summed E-state index contributed by atoms with van der Waals surface area (Å²) < 4.78 is 37.6. The van der Waals surface area contributed by atoms with Crippen LogP contribution in [0.25, 0.3) is 22.2 Å². The zero-order chi connectivity index (χ0) is 53.5. The molecule has 0 aliphatic carbocycles. The molecule has 1 heterocycles. The molecule has 0 bridgehead atoms. The van der Waals surface area contributed by atoms with Crippen molar-refractivity contribution < 1.29 is 57.7 Å². The predicted octanol–water partition coefficient (Wildman–Crippen LogP) is 15.7. The first-order valence-electron chi connectivity index (χ1n) is 28.3. The predicted molar refractivity (Wildman–Crippen MR) is 295 cm³/mol. The Labute approximate surface area is 437 Å². The highest BCUT2D eigenvalue weighted by Crippen LogP contribution is 2.69. The number of hydrogen-bond donors (Lipinski definition) is 6. The molecule has 0 aliphatic heterocycles. The Balaban J connectivity index is 1.62. The number of aromatic nitrogens is 1. The largest absolute Gasteiger partial charge is 0.427 e. The van der Waals surface area contributed by atoms with Crippen molar-refractivity contribution in [2.24, 2.45) is 0 Å². The molecule has 6 N–H and O–H groups in total. The fraction of sp³-hybridized carbons (Fsp3) is 0.702. The number of rotatable bonds is 42. The van der Waals surface area contributed by atoms with E-state index in [1.807, 2.05) is 30.5 Å². The van der Waals surface area contributed by atoms with E-state index < -0.39 is 45.0 Å². The van der Waals surface area contributed by atoms with Crippen LogP contribution in [0, 0.1) is 6.92 Å². The molecule has 0 unspecified atom stereocenters. The average Bonchev–Trinajstić information content (AvgIpc) is 3.61. The van der Waals surface area contributed by atoms with E-state index in [1.165, 1.54) is 148 Å². The van der Waals surface area contributed by atoms with Crippen LogP contribution >= 0.6 is 15.2 Å². The fourth-order valence-electron chi connectivity index (χ4n) is 9.70. The van der Waals surface area contributed by atoms with Crippen LogP contribution in [0.4, 0.5) is 5.69 Å². The lowest BCUT2D eigenvalue weighted by Crippen LogP contribution is -2.30. The van der Waals surface area contributed by atoms with Crippen molar-refractivity contribution in [2.45, 2.75) is 258 Å². The number of benzene rings is 2. The number of esters is 2. The van der Waals surface area contributed by atoms with E-state index in [0.29, 0.717) is 36.0 Å². The molecular formula is C57H94N2O12P2. The van der Waals surface area contributed by atoms with Crippen molar-refractivity contribution >= 4 is 49.6 Å². The number of ether oxygens (including phenoxy) is 2. The van der Waals surface area contributed by atoms with Gasteiger partial charge in [0.2, 0.25) is 5.91 Å². The van der Waals surface area contributed by atoms with Gasteiger partial charge in [0.15, 0.2) is 5.75 Å². The van der Waals surface area contributed by atoms with Gasteiger partial charge in [0, 0.05) is 43.7 Å². The van der Waals surface area contributed by atoms with E-state index in [0.717, 1.165) is 55.3 Å². The second-order valence-electron chi connectivity index (χ2n) is 20.4. The number of fused-ring (bicyclic) bond motifs is 1. The van der Waals surface area contributed by atoms with Crippen LogP contribution in [0.3, 0.4) is 0 Å². The highest BCUT2D eigenvalue weighted by atomic mass is 31.2. The monoisotopic (exact) mass is 1060 g/mol. The summed E-state index contributed by atoms with van der Waals surface area (Å²) in [4.78, 5) is 78.0. The van der Waals surface area contributed by atoms with Gasteiger partial charge in [-0.3, -0.25) is 23.5 Å². The number of aryl methyl sites for hydroxylation is 2. The first-order chi connectivity index (χ1) is 35.0. The lowest BCUT2D eigenvalue weighted by Gasteiger charge is -2.28. The van der Waals surface area contributed by atoms with E-state index in [1.54, 1.807) is 24.3 Å². The lowest BCUT2D eigenvalue weighted by molar-refractivity contribution is -0.135. The average molecular weight is 1060 g/mol. The topological polar surface area (TPSA) is 222 Å². The molecule has 73 heavy (non-hydrogen) atoms. The number of nitrogens with one attached hydrogen (secondary N) is 1. The first-order valence-corrected chi connectivity index (χ1v) is 31.5. The molecule has 0 fully saturated rings. The number of hydrogen-bond acceptors (Lipinski definition) is 8. The molecule has 1 aromatic heterocycles. The van der Waals surface area contributed by atoms with E-state index >= 15 is 0 Å². The van der Waals surface area contributed by atoms with Gasteiger partial charge in [0.05, 0.1) is 16.9 Å². The maximum Gasteiger partial charge on any atom is 0.369 e. The van der Waals surface area contributed by atoms with Crippen molar-refractivity contribution in [1.82, 2.24) is 4.57 Å². The number of aliphatic hydroxyl groups is 1. The number of carbonyl (C=O) groups is 3. The summed E-state index contributed by atoms with van der Waals surface area (Å²) in [7, 11) is -11.6. The van der Waals surface area contributed by atoms with E-state index in [9.17, 15) is 48.2 Å². The van der Waals surface area contributed by atoms with Gasteiger partial charge in [-0.15, -0.1) is 0 Å². The number of nitrogens with zero attached hydrogens (tertiary/aromatic N) is 1. The summed E-state index contributed by atoms with van der Waals surface area (Å²) in [6, 6.07) is 10.5. The Morgan fingerprint density at radius 1 is 0.548 bits per heavy atom. The Kier molecular flexibility index (Phi) is 30.7. The Morgan fingerprint density at radius 2 is 0.932 bits per heavy atom. The van der Waals surface area contributed by atoms with Gasteiger partial charge in [-0.25, -0.2) is 0 Å². The molecule has 0 radical (unpaired) electrons. The van der Waals surface area contributed by atoms with E-state index in [-0.39, 0.29) is 23.8 Å². The smallest absolute Gasteiger partial charge is 0.369 e. The Morgan fingerprint density at radius 3 is 1.32 bits per heavy atom. The Hall–Kier alpha value is -3.35. The number of unbranched alkanes of at least 4 members (excludes halogenated alkanes) is 28.